The summed E-state index contributed by atoms with van der Waals surface area (Å²) in [4.78, 5) is 25.8. The normalized spacial score (nSPS) is 16.0. The minimum Gasteiger partial charge on any atom is -0.464 e. The summed E-state index contributed by atoms with van der Waals surface area (Å²) in [6.45, 7) is 5.81. The molecule has 0 unspecified atom stereocenters. The van der Waals surface area contributed by atoms with Gasteiger partial charge in [-0.25, -0.2) is 9.48 Å². The Kier molecular flexibility index (Phi) is 4.93. The highest BCUT2D eigenvalue weighted by molar-refractivity contribution is 5.88. The van der Waals surface area contributed by atoms with Gasteiger partial charge in [-0.2, -0.15) is 0 Å². The van der Waals surface area contributed by atoms with E-state index in [9.17, 15) is 9.59 Å². The van der Waals surface area contributed by atoms with Crippen molar-refractivity contribution in [2.75, 3.05) is 20.2 Å². The number of carbonyl (C=O) groups is 2. The molecule has 116 valence electrons. The molecule has 0 aliphatic carbocycles. The molecule has 7 nitrogen and oxygen atoms in total. The van der Waals surface area contributed by atoms with Crippen LogP contribution in [-0.4, -0.2) is 52.0 Å². The lowest BCUT2D eigenvalue weighted by Crippen LogP contribution is -2.40. The lowest BCUT2D eigenvalue weighted by Gasteiger charge is -2.30. The fourth-order valence-electron chi connectivity index (χ4n) is 2.55. The van der Waals surface area contributed by atoms with Crippen LogP contribution in [0.4, 0.5) is 0 Å². The van der Waals surface area contributed by atoms with Crippen molar-refractivity contribution in [3.8, 4) is 0 Å². The van der Waals surface area contributed by atoms with Gasteiger partial charge in [0.1, 0.15) is 6.54 Å². The maximum absolute atomic E-state index is 12.3. The van der Waals surface area contributed by atoms with E-state index in [2.05, 4.69) is 22.0 Å². The lowest BCUT2D eigenvalue weighted by atomic mass is 9.99. The standard InChI is InChI=1S/C14H22N4O3/c1-4-11-13(14(20)21-3)15-16-18(11)9-12(19)17-7-5-10(2)6-8-17/h10H,4-9H2,1-3H3. The number of amides is 1. The van der Waals surface area contributed by atoms with Crippen molar-refractivity contribution < 1.29 is 14.3 Å². The zero-order valence-electron chi connectivity index (χ0n) is 12.8. The quantitative estimate of drug-likeness (QED) is 0.771. The largest absolute Gasteiger partial charge is 0.464 e. The number of hydrogen-bond donors (Lipinski definition) is 0. The minimum absolute atomic E-state index is 0.0258. The van der Waals surface area contributed by atoms with Gasteiger partial charge >= 0.3 is 5.97 Å². The molecule has 0 spiro atoms. The monoisotopic (exact) mass is 294 g/mol. The van der Waals surface area contributed by atoms with Crippen molar-refractivity contribution in [3.63, 3.8) is 0 Å². The molecule has 1 aromatic heterocycles. The van der Waals surface area contributed by atoms with Crippen LogP contribution in [0.15, 0.2) is 0 Å². The molecule has 1 aliphatic rings. The number of nitrogens with zero attached hydrogens (tertiary/aromatic N) is 4. The molecule has 0 aromatic carbocycles. The molecule has 2 rings (SSSR count). The van der Waals surface area contributed by atoms with Crippen LogP contribution < -0.4 is 0 Å². The first-order valence-corrected chi connectivity index (χ1v) is 7.35. The van der Waals surface area contributed by atoms with E-state index in [0.29, 0.717) is 18.0 Å². The molecular formula is C14H22N4O3. The van der Waals surface area contributed by atoms with Gasteiger partial charge in [-0.05, 0) is 25.2 Å². The van der Waals surface area contributed by atoms with Gasteiger partial charge in [0.2, 0.25) is 5.91 Å². The Morgan fingerprint density at radius 1 is 1.33 bits per heavy atom. The zero-order valence-corrected chi connectivity index (χ0v) is 12.8. The molecule has 1 fully saturated rings. The van der Waals surface area contributed by atoms with Crippen LogP contribution in [0, 0.1) is 5.92 Å². The van der Waals surface area contributed by atoms with Crippen LogP contribution in [0.3, 0.4) is 0 Å². The maximum atomic E-state index is 12.3. The van der Waals surface area contributed by atoms with Crippen molar-refractivity contribution in [2.45, 2.75) is 39.7 Å². The van der Waals surface area contributed by atoms with Crippen molar-refractivity contribution in [1.82, 2.24) is 19.9 Å². The fourth-order valence-corrected chi connectivity index (χ4v) is 2.55. The number of methoxy groups -OCH3 is 1. The first kappa shape index (κ1) is 15.5. The molecule has 0 saturated carbocycles. The molecule has 7 heteroatoms. The summed E-state index contributed by atoms with van der Waals surface area (Å²) in [5, 5.41) is 7.76. The van der Waals surface area contributed by atoms with E-state index in [-0.39, 0.29) is 18.1 Å². The van der Waals surface area contributed by atoms with Crippen molar-refractivity contribution in [1.29, 1.82) is 0 Å². The molecule has 2 heterocycles. The number of likely N-dealkylation sites (tertiary alicyclic amines) is 1. The summed E-state index contributed by atoms with van der Waals surface area (Å²) in [7, 11) is 1.31. The SMILES string of the molecule is CCc1c(C(=O)OC)nnn1CC(=O)N1CCC(C)CC1. The van der Waals surface area contributed by atoms with Crippen molar-refractivity contribution in [2.24, 2.45) is 5.92 Å². The zero-order chi connectivity index (χ0) is 15.4. The second-order valence-corrected chi connectivity index (χ2v) is 5.45. The van der Waals surface area contributed by atoms with Gasteiger partial charge in [-0.15, -0.1) is 5.10 Å². The molecule has 0 bridgehead atoms. The predicted octanol–water partition coefficient (Wildman–Crippen LogP) is 0.886. The summed E-state index contributed by atoms with van der Waals surface area (Å²) < 4.78 is 6.18. The fraction of sp³-hybridized carbons (Fsp3) is 0.714. The van der Waals surface area contributed by atoms with Crippen LogP contribution in [0.5, 0.6) is 0 Å². The number of esters is 1. The molecule has 0 atom stereocenters. The van der Waals surface area contributed by atoms with Gasteiger partial charge in [0.05, 0.1) is 12.8 Å². The van der Waals surface area contributed by atoms with E-state index in [1.54, 1.807) is 0 Å². The van der Waals surface area contributed by atoms with Gasteiger partial charge in [0.25, 0.3) is 0 Å². The lowest BCUT2D eigenvalue weighted by molar-refractivity contribution is -0.133. The number of carbonyl (C=O) groups excluding carboxylic acids is 2. The van der Waals surface area contributed by atoms with E-state index < -0.39 is 5.97 Å². The molecule has 1 saturated heterocycles. The van der Waals surface area contributed by atoms with Gasteiger partial charge in [0.15, 0.2) is 5.69 Å². The third kappa shape index (κ3) is 3.40. The Morgan fingerprint density at radius 3 is 2.57 bits per heavy atom. The van der Waals surface area contributed by atoms with Gasteiger partial charge in [0, 0.05) is 13.1 Å². The maximum Gasteiger partial charge on any atom is 0.360 e. The second-order valence-electron chi connectivity index (χ2n) is 5.45. The van der Waals surface area contributed by atoms with E-state index in [0.717, 1.165) is 25.9 Å². The van der Waals surface area contributed by atoms with Crippen LogP contribution in [0.2, 0.25) is 0 Å². The molecule has 1 aliphatic heterocycles. The Hall–Kier alpha value is -1.92. The van der Waals surface area contributed by atoms with Crippen LogP contribution >= 0.6 is 0 Å². The van der Waals surface area contributed by atoms with Gasteiger partial charge in [-0.3, -0.25) is 4.79 Å². The molecular weight excluding hydrogens is 272 g/mol. The Morgan fingerprint density at radius 2 is 2.00 bits per heavy atom. The first-order chi connectivity index (χ1) is 10.1. The smallest absolute Gasteiger partial charge is 0.360 e. The average molecular weight is 294 g/mol. The Labute approximate surface area is 124 Å². The number of rotatable bonds is 4. The minimum atomic E-state index is -0.516. The Balaban J connectivity index is 2.07. The summed E-state index contributed by atoms with van der Waals surface area (Å²) in [6, 6.07) is 0. The van der Waals surface area contributed by atoms with Crippen molar-refractivity contribution in [3.05, 3.63) is 11.4 Å². The number of hydrogen-bond acceptors (Lipinski definition) is 5. The summed E-state index contributed by atoms with van der Waals surface area (Å²) >= 11 is 0. The highest BCUT2D eigenvalue weighted by Crippen LogP contribution is 2.16. The molecule has 1 aromatic rings. The highest BCUT2D eigenvalue weighted by atomic mass is 16.5. The summed E-state index contributed by atoms with van der Waals surface area (Å²) in [6.07, 6.45) is 2.65. The molecule has 0 radical (unpaired) electrons. The number of ether oxygens (including phenoxy) is 1. The Bertz CT molecular complexity index is 518. The van der Waals surface area contributed by atoms with Crippen LogP contribution in [-0.2, 0) is 22.5 Å². The topological polar surface area (TPSA) is 77.3 Å². The van der Waals surface area contributed by atoms with Crippen molar-refractivity contribution >= 4 is 11.9 Å². The average Bonchev–Trinajstić information content (AvgIpc) is 2.89. The molecule has 21 heavy (non-hydrogen) atoms. The highest BCUT2D eigenvalue weighted by Gasteiger charge is 2.24. The summed E-state index contributed by atoms with van der Waals surface area (Å²) in [5.41, 5.74) is 0.834. The van der Waals surface area contributed by atoms with Gasteiger partial charge < -0.3 is 9.64 Å². The summed E-state index contributed by atoms with van der Waals surface area (Å²) in [5.74, 6) is 0.188. The second kappa shape index (κ2) is 6.69. The van der Waals surface area contributed by atoms with E-state index in [1.807, 2.05) is 11.8 Å². The van der Waals surface area contributed by atoms with Crippen LogP contribution in [0.1, 0.15) is 42.9 Å². The van der Waals surface area contributed by atoms with Crippen LogP contribution in [0.25, 0.3) is 0 Å². The molecule has 0 N–H and O–H groups in total. The third-order valence-electron chi connectivity index (χ3n) is 3.97. The predicted molar refractivity (Wildman–Crippen MR) is 75.7 cm³/mol. The first-order valence-electron chi connectivity index (χ1n) is 7.35. The van der Waals surface area contributed by atoms with Gasteiger partial charge in [-0.1, -0.05) is 19.1 Å². The number of piperidine rings is 1. The number of aromatic nitrogens is 3. The van der Waals surface area contributed by atoms with E-state index in [4.69, 9.17) is 0 Å². The van der Waals surface area contributed by atoms with E-state index >= 15 is 0 Å². The molecule has 1 amide bonds. The third-order valence-corrected chi connectivity index (χ3v) is 3.97. The van der Waals surface area contributed by atoms with E-state index in [1.165, 1.54) is 11.8 Å².